The van der Waals surface area contributed by atoms with Crippen LogP contribution in [0.15, 0.2) is 41.3 Å². The first-order chi connectivity index (χ1) is 15.6. The van der Waals surface area contributed by atoms with Gasteiger partial charge in [0.2, 0.25) is 5.91 Å². The first kappa shape index (κ1) is 22.0. The number of hydrogen-bond donors (Lipinski definition) is 1. The SMILES string of the molecule is CCOc1cc(CCC(=O)NCC2CCC(c3nn(C)cc3-c3ccncc3)CC2)on1. The summed E-state index contributed by atoms with van der Waals surface area (Å²) in [5.41, 5.74) is 3.55. The highest BCUT2D eigenvalue weighted by Crippen LogP contribution is 2.39. The molecule has 1 amide bonds. The molecule has 0 spiro atoms. The molecule has 8 heteroatoms. The molecule has 3 aromatic heterocycles. The van der Waals surface area contributed by atoms with Gasteiger partial charge in [0.05, 0.1) is 12.3 Å². The highest BCUT2D eigenvalue weighted by Gasteiger charge is 2.27. The Balaban J connectivity index is 1.23. The number of aryl methyl sites for hydroxylation is 2. The molecule has 8 nitrogen and oxygen atoms in total. The second-order valence-electron chi connectivity index (χ2n) is 8.42. The van der Waals surface area contributed by atoms with Crippen LogP contribution in [0, 0.1) is 5.92 Å². The van der Waals surface area contributed by atoms with Gasteiger partial charge in [0.1, 0.15) is 5.76 Å². The van der Waals surface area contributed by atoms with Gasteiger partial charge in [-0.25, -0.2) is 0 Å². The minimum absolute atomic E-state index is 0.0474. The molecule has 1 saturated carbocycles. The van der Waals surface area contributed by atoms with Crippen LogP contribution in [0.1, 0.15) is 56.4 Å². The third-order valence-electron chi connectivity index (χ3n) is 6.10. The third kappa shape index (κ3) is 5.55. The van der Waals surface area contributed by atoms with Crippen LogP contribution in [0.2, 0.25) is 0 Å². The van der Waals surface area contributed by atoms with Crippen molar-refractivity contribution in [1.82, 2.24) is 25.2 Å². The molecule has 170 valence electrons. The second kappa shape index (κ2) is 10.4. The van der Waals surface area contributed by atoms with Gasteiger partial charge in [0.25, 0.3) is 5.88 Å². The molecule has 0 aromatic carbocycles. The number of pyridine rings is 1. The van der Waals surface area contributed by atoms with Gasteiger partial charge < -0.3 is 14.6 Å². The minimum atomic E-state index is 0.0474. The molecule has 3 aromatic rings. The first-order valence-electron chi connectivity index (χ1n) is 11.4. The van der Waals surface area contributed by atoms with Crippen molar-refractivity contribution in [2.75, 3.05) is 13.2 Å². The third-order valence-corrected chi connectivity index (χ3v) is 6.10. The maximum atomic E-state index is 12.3. The highest BCUT2D eigenvalue weighted by molar-refractivity contribution is 5.76. The molecule has 1 aliphatic carbocycles. The summed E-state index contributed by atoms with van der Waals surface area (Å²) >= 11 is 0. The fourth-order valence-corrected chi connectivity index (χ4v) is 4.41. The zero-order valence-corrected chi connectivity index (χ0v) is 18.8. The molecule has 0 atom stereocenters. The molecule has 1 fully saturated rings. The number of ether oxygens (including phenoxy) is 1. The van der Waals surface area contributed by atoms with Gasteiger partial charge in [0.15, 0.2) is 0 Å². The van der Waals surface area contributed by atoms with E-state index in [9.17, 15) is 4.79 Å². The summed E-state index contributed by atoms with van der Waals surface area (Å²) in [6.45, 7) is 3.16. The van der Waals surface area contributed by atoms with E-state index < -0.39 is 0 Å². The number of rotatable bonds is 9. The number of carbonyl (C=O) groups is 1. The van der Waals surface area contributed by atoms with Gasteiger partial charge in [-0.2, -0.15) is 5.10 Å². The Kier molecular flexibility index (Phi) is 7.19. The van der Waals surface area contributed by atoms with Crippen molar-refractivity contribution in [3.8, 4) is 17.0 Å². The molecule has 3 heterocycles. The number of amides is 1. The van der Waals surface area contributed by atoms with Gasteiger partial charge in [-0.1, -0.05) is 0 Å². The number of aromatic nitrogens is 4. The normalized spacial score (nSPS) is 18.4. The van der Waals surface area contributed by atoms with Crippen LogP contribution in [0.25, 0.3) is 11.1 Å². The standard InChI is InChI=1S/C24H31N5O3/c1-3-31-23-14-20(32-28-23)8-9-22(30)26-15-17-4-6-19(7-5-17)24-21(16-29(2)27-24)18-10-12-25-13-11-18/h10-14,16-17,19H,3-9,15H2,1-2H3,(H,26,30). The van der Waals surface area contributed by atoms with E-state index in [2.05, 4.69) is 21.7 Å². The summed E-state index contributed by atoms with van der Waals surface area (Å²) in [5, 5.41) is 11.7. The zero-order valence-electron chi connectivity index (χ0n) is 18.8. The van der Waals surface area contributed by atoms with Crippen LogP contribution in [0.5, 0.6) is 5.88 Å². The number of nitrogens with one attached hydrogen (secondary N) is 1. The summed E-state index contributed by atoms with van der Waals surface area (Å²) < 4.78 is 12.4. The van der Waals surface area contributed by atoms with Crippen molar-refractivity contribution in [2.45, 2.75) is 51.4 Å². The maximum Gasteiger partial charge on any atom is 0.254 e. The molecule has 1 aliphatic rings. The van der Waals surface area contributed by atoms with Crippen LogP contribution in [0.3, 0.4) is 0 Å². The van der Waals surface area contributed by atoms with Gasteiger partial charge >= 0.3 is 0 Å². The Morgan fingerprint density at radius 2 is 2.03 bits per heavy atom. The maximum absolute atomic E-state index is 12.3. The van der Waals surface area contributed by atoms with Crippen molar-refractivity contribution in [1.29, 1.82) is 0 Å². The smallest absolute Gasteiger partial charge is 0.254 e. The molecule has 32 heavy (non-hydrogen) atoms. The minimum Gasteiger partial charge on any atom is -0.476 e. The van der Waals surface area contributed by atoms with Crippen LogP contribution < -0.4 is 10.1 Å². The molecule has 1 N–H and O–H groups in total. The number of hydrogen-bond acceptors (Lipinski definition) is 6. The second-order valence-corrected chi connectivity index (χ2v) is 8.42. The van der Waals surface area contributed by atoms with Crippen LogP contribution in [0.4, 0.5) is 0 Å². The van der Waals surface area contributed by atoms with Crippen LogP contribution >= 0.6 is 0 Å². The van der Waals surface area contributed by atoms with Crippen molar-refractivity contribution in [3.05, 3.63) is 48.2 Å². The van der Waals surface area contributed by atoms with E-state index in [1.165, 1.54) is 11.3 Å². The van der Waals surface area contributed by atoms with Crippen molar-refractivity contribution in [3.63, 3.8) is 0 Å². The quantitative estimate of drug-likeness (QED) is 0.546. The van der Waals surface area contributed by atoms with E-state index in [1.54, 1.807) is 6.07 Å². The molecule has 0 bridgehead atoms. The molecule has 0 aliphatic heterocycles. The largest absolute Gasteiger partial charge is 0.476 e. The molecular formula is C24H31N5O3. The van der Waals surface area contributed by atoms with Gasteiger partial charge in [0, 0.05) is 62.6 Å². The Morgan fingerprint density at radius 1 is 1.25 bits per heavy atom. The lowest BCUT2D eigenvalue weighted by molar-refractivity contribution is -0.121. The van der Waals surface area contributed by atoms with Gasteiger partial charge in [-0.15, -0.1) is 0 Å². The fraction of sp³-hybridized carbons (Fsp3) is 0.500. The summed E-state index contributed by atoms with van der Waals surface area (Å²) in [6.07, 6.45) is 11.0. The van der Waals surface area contributed by atoms with E-state index >= 15 is 0 Å². The summed E-state index contributed by atoms with van der Waals surface area (Å²) in [5.74, 6) is 2.16. The Hall–Kier alpha value is -3.16. The lowest BCUT2D eigenvalue weighted by atomic mass is 9.79. The lowest BCUT2D eigenvalue weighted by Gasteiger charge is -2.28. The average molecular weight is 438 g/mol. The molecule has 4 rings (SSSR count). The first-order valence-corrected chi connectivity index (χ1v) is 11.4. The lowest BCUT2D eigenvalue weighted by Crippen LogP contribution is -2.31. The molecule has 0 unspecified atom stereocenters. The van der Waals surface area contributed by atoms with Gasteiger partial charge in [-0.05, 0) is 61.4 Å². The average Bonchev–Trinajstić information content (AvgIpc) is 3.44. The number of carbonyl (C=O) groups excluding carboxylic acids is 1. The number of nitrogens with zero attached hydrogens (tertiary/aromatic N) is 4. The molecule has 0 radical (unpaired) electrons. The van der Waals surface area contributed by atoms with Crippen molar-refractivity contribution in [2.24, 2.45) is 13.0 Å². The Labute approximate surface area is 188 Å². The topological polar surface area (TPSA) is 95.1 Å². The van der Waals surface area contributed by atoms with Gasteiger partial charge in [-0.3, -0.25) is 14.5 Å². The monoisotopic (exact) mass is 437 g/mol. The Morgan fingerprint density at radius 3 is 2.78 bits per heavy atom. The van der Waals surface area contributed by atoms with E-state index in [0.717, 1.165) is 37.8 Å². The summed E-state index contributed by atoms with van der Waals surface area (Å²) in [6, 6.07) is 5.83. The van der Waals surface area contributed by atoms with Crippen LogP contribution in [-0.4, -0.2) is 39.0 Å². The van der Waals surface area contributed by atoms with Crippen molar-refractivity contribution >= 4 is 5.91 Å². The zero-order chi connectivity index (χ0) is 22.3. The predicted octanol–water partition coefficient (Wildman–Crippen LogP) is 3.89. The van der Waals surface area contributed by atoms with E-state index in [0.29, 0.717) is 42.9 Å². The van der Waals surface area contributed by atoms with E-state index in [1.807, 2.05) is 43.2 Å². The summed E-state index contributed by atoms with van der Waals surface area (Å²) in [4.78, 5) is 16.4. The Bertz CT molecular complexity index is 1010. The predicted molar refractivity (Wildman–Crippen MR) is 120 cm³/mol. The van der Waals surface area contributed by atoms with Crippen molar-refractivity contribution < 1.29 is 14.1 Å². The summed E-state index contributed by atoms with van der Waals surface area (Å²) in [7, 11) is 1.98. The molecule has 0 saturated heterocycles. The fourth-order valence-electron chi connectivity index (χ4n) is 4.41. The van der Waals surface area contributed by atoms with E-state index in [4.69, 9.17) is 14.4 Å². The molecular weight excluding hydrogens is 406 g/mol. The highest BCUT2D eigenvalue weighted by atomic mass is 16.5. The van der Waals surface area contributed by atoms with Crippen LogP contribution in [-0.2, 0) is 18.3 Å². The van der Waals surface area contributed by atoms with E-state index in [-0.39, 0.29) is 5.91 Å².